The summed E-state index contributed by atoms with van der Waals surface area (Å²) in [7, 11) is 1.48. The number of nitrogens with one attached hydrogen (secondary N) is 1. The largest absolute Gasteiger partial charge is 0.504 e. The number of phenols is 1. The van der Waals surface area contributed by atoms with Crippen molar-refractivity contribution in [2.45, 2.75) is 0 Å². The number of carbonyl (C=O) groups excluding carboxylic acids is 1. The van der Waals surface area contributed by atoms with Gasteiger partial charge in [-0.15, -0.1) is 0 Å². The summed E-state index contributed by atoms with van der Waals surface area (Å²) in [4.78, 5) is 11.9. The Kier molecular flexibility index (Phi) is 4.05. The molecule has 2 N–H and O–H groups in total. The average Bonchev–Trinajstić information content (AvgIpc) is 3.01. The fourth-order valence-corrected chi connectivity index (χ4v) is 2.14. The second-order valence-electron chi connectivity index (χ2n) is 4.82. The summed E-state index contributed by atoms with van der Waals surface area (Å²) >= 11 is 0. The Bertz CT molecular complexity index is 770. The Morgan fingerprint density at radius 2 is 2.04 bits per heavy atom. The Morgan fingerprint density at radius 3 is 2.83 bits per heavy atom. The van der Waals surface area contributed by atoms with Crippen LogP contribution < -0.4 is 19.5 Å². The van der Waals surface area contributed by atoms with Crippen LogP contribution in [-0.4, -0.2) is 24.9 Å². The first-order valence-electron chi connectivity index (χ1n) is 6.91. The minimum Gasteiger partial charge on any atom is -0.504 e. The molecule has 1 aliphatic rings. The zero-order chi connectivity index (χ0) is 16.2. The van der Waals surface area contributed by atoms with E-state index >= 15 is 0 Å². The number of ether oxygens (including phenoxy) is 3. The second-order valence-corrected chi connectivity index (χ2v) is 4.82. The molecule has 6 nitrogen and oxygen atoms in total. The molecule has 3 rings (SSSR count). The van der Waals surface area contributed by atoms with Crippen LogP contribution in [-0.2, 0) is 4.79 Å². The number of hydrogen-bond donors (Lipinski definition) is 2. The molecule has 0 bridgehead atoms. The van der Waals surface area contributed by atoms with Crippen LogP contribution in [0.1, 0.15) is 5.56 Å². The van der Waals surface area contributed by atoms with E-state index in [9.17, 15) is 9.90 Å². The highest BCUT2D eigenvalue weighted by Crippen LogP contribution is 2.34. The van der Waals surface area contributed by atoms with Crippen LogP contribution in [0, 0.1) is 0 Å². The minimum atomic E-state index is -0.292. The monoisotopic (exact) mass is 313 g/mol. The first kappa shape index (κ1) is 14.8. The van der Waals surface area contributed by atoms with E-state index < -0.39 is 0 Å². The molecule has 0 atom stereocenters. The van der Waals surface area contributed by atoms with Gasteiger partial charge in [0.2, 0.25) is 12.7 Å². The molecule has 0 unspecified atom stereocenters. The predicted octanol–water partition coefficient (Wildman–Crippen LogP) is 2.78. The number of fused-ring (bicyclic) bond motifs is 1. The highest BCUT2D eigenvalue weighted by Gasteiger charge is 2.13. The summed E-state index contributed by atoms with van der Waals surface area (Å²) in [5.74, 6) is 1.37. The Balaban J connectivity index is 1.66. The van der Waals surface area contributed by atoms with Crippen molar-refractivity contribution in [3.05, 3.63) is 48.0 Å². The van der Waals surface area contributed by atoms with Gasteiger partial charge in [0.25, 0.3) is 0 Å². The van der Waals surface area contributed by atoms with Gasteiger partial charge >= 0.3 is 0 Å². The Morgan fingerprint density at radius 1 is 1.22 bits per heavy atom. The van der Waals surface area contributed by atoms with Gasteiger partial charge in [0.1, 0.15) is 0 Å². The maximum Gasteiger partial charge on any atom is 0.248 e. The summed E-state index contributed by atoms with van der Waals surface area (Å²) in [5.41, 5.74) is 1.30. The molecular weight excluding hydrogens is 298 g/mol. The zero-order valence-electron chi connectivity index (χ0n) is 12.4. The molecule has 2 aromatic rings. The maximum absolute atomic E-state index is 11.9. The fraction of sp³-hybridized carbons (Fsp3) is 0.118. The highest BCUT2D eigenvalue weighted by atomic mass is 16.7. The summed E-state index contributed by atoms with van der Waals surface area (Å²) in [6.07, 6.45) is 2.98. The Labute approximate surface area is 132 Å². The van der Waals surface area contributed by atoms with Crippen LogP contribution >= 0.6 is 0 Å². The number of methoxy groups -OCH3 is 1. The zero-order valence-corrected chi connectivity index (χ0v) is 12.4. The van der Waals surface area contributed by atoms with Crippen LogP contribution in [0.15, 0.2) is 42.5 Å². The van der Waals surface area contributed by atoms with Gasteiger partial charge in [-0.1, -0.05) is 6.07 Å². The molecule has 0 aromatic heterocycles. The lowest BCUT2D eigenvalue weighted by molar-refractivity contribution is -0.111. The van der Waals surface area contributed by atoms with Gasteiger partial charge in [0, 0.05) is 17.8 Å². The van der Waals surface area contributed by atoms with Gasteiger partial charge in [-0.3, -0.25) is 4.79 Å². The third kappa shape index (κ3) is 3.37. The minimum absolute atomic E-state index is 0.0193. The molecule has 0 saturated heterocycles. The van der Waals surface area contributed by atoms with Crippen molar-refractivity contribution in [2.75, 3.05) is 19.2 Å². The molecule has 118 valence electrons. The van der Waals surface area contributed by atoms with E-state index in [0.29, 0.717) is 28.5 Å². The first-order valence-corrected chi connectivity index (χ1v) is 6.91. The fourth-order valence-electron chi connectivity index (χ4n) is 2.14. The van der Waals surface area contributed by atoms with Gasteiger partial charge < -0.3 is 24.6 Å². The van der Waals surface area contributed by atoms with E-state index in [4.69, 9.17) is 14.2 Å². The van der Waals surface area contributed by atoms with E-state index in [1.807, 2.05) is 0 Å². The summed E-state index contributed by atoms with van der Waals surface area (Å²) in [5, 5.41) is 12.4. The van der Waals surface area contributed by atoms with Gasteiger partial charge in [-0.2, -0.15) is 0 Å². The van der Waals surface area contributed by atoms with Gasteiger partial charge in [0.05, 0.1) is 7.11 Å². The third-order valence-electron chi connectivity index (χ3n) is 3.27. The molecule has 1 aliphatic heterocycles. The number of hydrogen-bond acceptors (Lipinski definition) is 5. The SMILES string of the molecule is COc1ccc(C=CC(=O)Nc2ccc3c(c2)OCO3)cc1O. The molecule has 1 amide bonds. The number of anilines is 1. The topological polar surface area (TPSA) is 77.0 Å². The van der Waals surface area contributed by atoms with Crippen LogP contribution in [0.4, 0.5) is 5.69 Å². The van der Waals surface area contributed by atoms with Crippen LogP contribution in [0.3, 0.4) is 0 Å². The molecule has 23 heavy (non-hydrogen) atoms. The van der Waals surface area contributed by atoms with E-state index in [1.54, 1.807) is 36.4 Å². The van der Waals surface area contributed by atoms with Crippen molar-refractivity contribution >= 4 is 17.7 Å². The predicted molar refractivity (Wildman–Crippen MR) is 84.9 cm³/mol. The molecule has 6 heteroatoms. The molecule has 0 fully saturated rings. The van der Waals surface area contributed by atoms with Crippen molar-refractivity contribution in [3.63, 3.8) is 0 Å². The molecule has 2 aromatic carbocycles. The molecule has 1 heterocycles. The van der Waals surface area contributed by atoms with Gasteiger partial charge in [-0.05, 0) is 35.9 Å². The number of rotatable bonds is 4. The summed E-state index contributed by atoms with van der Waals surface area (Å²) < 4.78 is 15.4. The van der Waals surface area contributed by atoms with Gasteiger partial charge in [-0.25, -0.2) is 0 Å². The van der Waals surface area contributed by atoms with Crippen molar-refractivity contribution < 1.29 is 24.1 Å². The number of phenolic OH excluding ortho intramolecular Hbond substituents is 1. The Hall–Kier alpha value is -3.15. The molecule has 0 spiro atoms. The maximum atomic E-state index is 11.9. The van der Waals surface area contributed by atoms with Crippen molar-refractivity contribution in [3.8, 4) is 23.0 Å². The van der Waals surface area contributed by atoms with Crippen molar-refractivity contribution in [1.82, 2.24) is 0 Å². The number of carbonyl (C=O) groups is 1. The number of amides is 1. The molecule has 0 radical (unpaired) electrons. The lowest BCUT2D eigenvalue weighted by Crippen LogP contribution is -2.07. The standard InChI is InChI=1S/C17H15NO5/c1-21-14-5-2-11(8-13(14)19)3-7-17(20)18-12-4-6-15-16(9-12)23-10-22-15/h2-9,19H,10H2,1H3,(H,18,20). The lowest BCUT2D eigenvalue weighted by atomic mass is 10.2. The smallest absolute Gasteiger partial charge is 0.248 e. The van der Waals surface area contributed by atoms with Crippen molar-refractivity contribution in [1.29, 1.82) is 0 Å². The molecule has 0 aliphatic carbocycles. The number of aromatic hydroxyl groups is 1. The van der Waals surface area contributed by atoms with E-state index in [2.05, 4.69) is 5.32 Å². The highest BCUT2D eigenvalue weighted by molar-refractivity contribution is 6.02. The van der Waals surface area contributed by atoms with E-state index in [-0.39, 0.29) is 18.4 Å². The first-order chi connectivity index (χ1) is 11.2. The van der Waals surface area contributed by atoms with Crippen LogP contribution in [0.2, 0.25) is 0 Å². The lowest BCUT2D eigenvalue weighted by Gasteiger charge is -2.04. The van der Waals surface area contributed by atoms with Gasteiger partial charge in [0.15, 0.2) is 23.0 Å². The van der Waals surface area contributed by atoms with Crippen LogP contribution in [0.25, 0.3) is 6.08 Å². The quantitative estimate of drug-likeness (QED) is 0.849. The number of benzene rings is 2. The summed E-state index contributed by atoms with van der Waals surface area (Å²) in [6.45, 7) is 0.188. The molecule has 0 saturated carbocycles. The van der Waals surface area contributed by atoms with E-state index in [0.717, 1.165) is 0 Å². The third-order valence-corrected chi connectivity index (χ3v) is 3.27. The van der Waals surface area contributed by atoms with Crippen LogP contribution in [0.5, 0.6) is 23.0 Å². The normalized spacial score (nSPS) is 12.4. The molecular formula is C17H15NO5. The van der Waals surface area contributed by atoms with E-state index in [1.165, 1.54) is 19.3 Å². The summed E-state index contributed by atoms with van der Waals surface area (Å²) in [6, 6.07) is 10.1. The second kappa shape index (κ2) is 6.31. The van der Waals surface area contributed by atoms with Crippen molar-refractivity contribution in [2.24, 2.45) is 0 Å². The average molecular weight is 313 g/mol.